The van der Waals surface area contributed by atoms with Crippen LogP contribution in [0, 0.1) is 0 Å². The molecular formula is C58H35N3O. The van der Waals surface area contributed by atoms with E-state index in [4.69, 9.17) is 14.4 Å². The average molecular weight is 790 g/mol. The molecule has 288 valence electrons. The number of rotatable bonds is 4. The van der Waals surface area contributed by atoms with Crippen LogP contribution in [0.5, 0.6) is 0 Å². The van der Waals surface area contributed by atoms with Crippen molar-refractivity contribution in [1.29, 1.82) is 0 Å². The van der Waals surface area contributed by atoms with Crippen molar-refractivity contribution in [2.75, 3.05) is 0 Å². The Morgan fingerprint density at radius 1 is 0.339 bits per heavy atom. The molecule has 0 bridgehead atoms. The fourth-order valence-electron chi connectivity index (χ4n) is 10.3. The summed E-state index contributed by atoms with van der Waals surface area (Å²) in [6, 6.07) is 72.0. The van der Waals surface area contributed by atoms with Gasteiger partial charge in [-0.3, -0.25) is 4.98 Å². The Morgan fingerprint density at radius 3 is 1.63 bits per heavy atom. The van der Waals surface area contributed by atoms with Gasteiger partial charge in [0.15, 0.2) is 5.82 Å². The first kappa shape index (κ1) is 34.6. The molecule has 8 aromatic carbocycles. The van der Waals surface area contributed by atoms with Gasteiger partial charge in [0.05, 0.1) is 16.8 Å². The molecule has 4 heteroatoms. The maximum atomic E-state index is 6.56. The molecule has 13 rings (SSSR count). The summed E-state index contributed by atoms with van der Waals surface area (Å²) >= 11 is 0. The van der Waals surface area contributed by atoms with Crippen LogP contribution in [-0.2, 0) is 5.41 Å². The molecule has 1 spiro atoms. The average Bonchev–Trinajstić information content (AvgIpc) is 3.83. The standard InChI is InChI=1S/C58H35N3O/c1-2-13-37(14-3-1)53-34-54(38-26-24-36(25-27-38)40-15-12-30-59-35-40)61-57(60-53)39-28-29-45-42-17-5-4-16-41(42)43-18-6-9-21-49(43)58(51(45)31-39)50-22-10-7-19-44(50)47-33-56-48(32-52(47)58)46-20-8-11-23-55(46)62-56/h1-35H. The largest absolute Gasteiger partial charge is 0.456 e. The summed E-state index contributed by atoms with van der Waals surface area (Å²) in [6.45, 7) is 0. The van der Waals surface area contributed by atoms with Crippen LogP contribution in [0.1, 0.15) is 22.3 Å². The van der Waals surface area contributed by atoms with E-state index in [1.165, 1.54) is 55.6 Å². The van der Waals surface area contributed by atoms with Gasteiger partial charge in [0, 0.05) is 39.9 Å². The van der Waals surface area contributed by atoms with Crippen LogP contribution in [0.15, 0.2) is 217 Å². The van der Waals surface area contributed by atoms with Crippen molar-refractivity contribution in [3.05, 3.63) is 235 Å². The van der Waals surface area contributed by atoms with Gasteiger partial charge in [-0.05, 0) is 103 Å². The fraction of sp³-hybridized carbons (Fsp3) is 0.0172. The highest BCUT2D eigenvalue weighted by Crippen LogP contribution is 2.62. The minimum absolute atomic E-state index is 0.671. The number of aromatic nitrogens is 3. The molecule has 11 aromatic rings. The molecular weight excluding hydrogens is 755 g/mol. The molecule has 0 saturated carbocycles. The van der Waals surface area contributed by atoms with Crippen molar-refractivity contribution in [3.8, 4) is 78.4 Å². The quantitative estimate of drug-likeness (QED) is 0.178. The van der Waals surface area contributed by atoms with Crippen LogP contribution < -0.4 is 0 Å². The van der Waals surface area contributed by atoms with Crippen molar-refractivity contribution in [2.24, 2.45) is 0 Å². The highest BCUT2D eigenvalue weighted by molar-refractivity contribution is 6.09. The summed E-state index contributed by atoms with van der Waals surface area (Å²) in [5, 5.41) is 2.23. The Hall–Kier alpha value is -8.21. The Morgan fingerprint density at radius 2 is 0.903 bits per heavy atom. The highest BCUT2D eigenvalue weighted by Gasteiger charge is 2.50. The van der Waals surface area contributed by atoms with Gasteiger partial charge in [0.25, 0.3) is 0 Å². The van der Waals surface area contributed by atoms with Crippen LogP contribution in [0.4, 0.5) is 0 Å². The molecule has 3 aromatic heterocycles. The smallest absolute Gasteiger partial charge is 0.160 e. The summed E-state index contributed by atoms with van der Waals surface area (Å²) in [4.78, 5) is 15.1. The van der Waals surface area contributed by atoms with E-state index in [0.29, 0.717) is 5.82 Å². The van der Waals surface area contributed by atoms with E-state index in [9.17, 15) is 0 Å². The molecule has 0 aliphatic heterocycles. The van der Waals surface area contributed by atoms with E-state index in [0.717, 1.165) is 61.1 Å². The normalized spacial score (nSPS) is 14.5. The van der Waals surface area contributed by atoms with Gasteiger partial charge in [-0.15, -0.1) is 0 Å². The Labute approximate surface area is 358 Å². The highest BCUT2D eigenvalue weighted by atomic mass is 16.3. The van der Waals surface area contributed by atoms with E-state index >= 15 is 0 Å². The number of furan rings is 1. The molecule has 62 heavy (non-hydrogen) atoms. The number of hydrogen-bond acceptors (Lipinski definition) is 4. The van der Waals surface area contributed by atoms with E-state index in [2.05, 4.69) is 187 Å². The second-order valence-corrected chi connectivity index (χ2v) is 16.3. The van der Waals surface area contributed by atoms with Crippen molar-refractivity contribution in [2.45, 2.75) is 5.41 Å². The minimum atomic E-state index is -0.693. The van der Waals surface area contributed by atoms with E-state index < -0.39 is 5.41 Å². The van der Waals surface area contributed by atoms with E-state index in [-0.39, 0.29) is 0 Å². The topological polar surface area (TPSA) is 51.8 Å². The summed E-state index contributed by atoms with van der Waals surface area (Å²) in [5.41, 5.74) is 20.2. The summed E-state index contributed by atoms with van der Waals surface area (Å²) in [6.07, 6.45) is 3.70. The zero-order valence-corrected chi connectivity index (χ0v) is 33.5. The third kappa shape index (κ3) is 5.04. The van der Waals surface area contributed by atoms with Crippen molar-refractivity contribution in [3.63, 3.8) is 0 Å². The second-order valence-electron chi connectivity index (χ2n) is 16.3. The Bertz CT molecular complexity index is 3570. The van der Waals surface area contributed by atoms with Crippen LogP contribution in [-0.4, -0.2) is 15.0 Å². The lowest BCUT2D eigenvalue weighted by atomic mass is 9.65. The van der Waals surface area contributed by atoms with Gasteiger partial charge < -0.3 is 4.42 Å². The first-order valence-electron chi connectivity index (χ1n) is 21.1. The first-order valence-corrected chi connectivity index (χ1v) is 21.1. The van der Waals surface area contributed by atoms with Crippen molar-refractivity contribution >= 4 is 21.9 Å². The number of benzene rings is 8. The summed E-state index contributed by atoms with van der Waals surface area (Å²) in [7, 11) is 0. The number of hydrogen-bond donors (Lipinski definition) is 0. The van der Waals surface area contributed by atoms with Gasteiger partial charge in [-0.1, -0.05) is 164 Å². The predicted octanol–water partition coefficient (Wildman–Crippen LogP) is 14.4. The molecule has 0 fully saturated rings. The van der Waals surface area contributed by atoms with E-state index in [1.54, 1.807) is 6.20 Å². The lowest BCUT2D eigenvalue weighted by molar-refractivity contribution is 0.668. The van der Waals surface area contributed by atoms with Crippen LogP contribution in [0.25, 0.3) is 100 Å². The SMILES string of the molecule is c1ccc(-c2cc(-c3ccc(-c4cccnc4)cc3)nc(-c3ccc4c(c3)C3(c5ccccc5-c5ccccc5-4)c4ccccc4-c4cc5oc6ccccc6c5cc43)n2)cc1. The first-order chi connectivity index (χ1) is 30.7. The molecule has 0 saturated heterocycles. The Kier molecular flexibility index (Phi) is 7.49. The lowest BCUT2D eigenvalue weighted by Gasteiger charge is -2.35. The van der Waals surface area contributed by atoms with Gasteiger partial charge in [0.1, 0.15) is 11.2 Å². The van der Waals surface area contributed by atoms with Gasteiger partial charge in [-0.2, -0.15) is 0 Å². The molecule has 2 aliphatic carbocycles. The molecule has 0 N–H and O–H groups in total. The predicted molar refractivity (Wildman–Crippen MR) is 251 cm³/mol. The monoisotopic (exact) mass is 789 g/mol. The van der Waals surface area contributed by atoms with Crippen LogP contribution >= 0.6 is 0 Å². The summed E-state index contributed by atoms with van der Waals surface area (Å²) in [5.74, 6) is 0.671. The van der Waals surface area contributed by atoms with Crippen LogP contribution in [0.3, 0.4) is 0 Å². The van der Waals surface area contributed by atoms with Gasteiger partial charge in [-0.25, -0.2) is 9.97 Å². The minimum Gasteiger partial charge on any atom is -0.456 e. The molecule has 4 nitrogen and oxygen atoms in total. The molecule has 1 unspecified atom stereocenters. The third-order valence-corrected chi connectivity index (χ3v) is 13.0. The molecule has 0 radical (unpaired) electrons. The second kappa shape index (κ2) is 13.4. The van der Waals surface area contributed by atoms with Gasteiger partial charge in [0.2, 0.25) is 0 Å². The lowest BCUT2D eigenvalue weighted by Crippen LogP contribution is -2.29. The van der Waals surface area contributed by atoms with E-state index in [1.807, 2.05) is 24.4 Å². The zero-order valence-electron chi connectivity index (χ0n) is 33.5. The molecule has 0 amide bonds. The number of pyridine rings is 1. The maximum Gasteiger partial charge on any atom is 0.160 e. The zero-order chi connectivity index (χ0) is 40.8. The number of fused-ring (bicyclic) bond motifs is 15. The molecule has 2 aliphatic rings. The van der Waals surface area contributed by atoms with Crippen molar-refractivity contribution in [1.82, 2.24) is 15.0 Å². The number of nitrogens with zero attached hydrogens (tertiary/aromatic N) is 3. The number of para-hydroxylation sites is 1. The maximum absolute atomic E-state index is 6.56. The molecule has 3 heterocycles. The fourth-order valence-corrected chi connectivity index (χ4v) is 10.3. The Balaban J connectivity index is 1.10. The molecule has 1 atom stereocenters. The summed E-state index contributed by atoms with van der Waals surface area (Å²) < 4.78 is 6.56. The van der Waals surface area contributed by atoms with Crippen LogP contribution in [0.2, 0.25) is 0 Å². The van der Waals surface area contributed by atoms with Crippen molar-refractivity contribution < 1.29 is 4.42 Å². The van der Waals surface area contributed by atoms with Gasteiger partial charge >= 0.3 is 0 Å². The third-order valence-electron chi connectivity index (χ3n) is 13.0.